The number of amides is 1. The summed E-state index contributed by atoms with van der Waals surface area (Å²) in [5, 5.41) is 2.69. The predicted octanol–water partition coefficient (Wildman–Crippen LogP) is 5.02. The lowest BCUT2D eigenvalue weighted by Crippen LogP contribution is -2.48. The SMILES string of the molecule is CC1CN(S(=O)(=O)c2ccc(NC(=O)c3cc(Br)ccc3NS(=O)(=O)c3ccc(Cl)s3)cc2)CC(C)O1. The molecule has 0 aliphatic carbocycles. The molecule has 2 unspecified atom stereocenters. The van der Waals surface area contributed by atoms with E-state index in [1.54, 1.807) is 6.07 Å². The fraction of sp³-hybridized carbons (Fsp3) is 0.261. The van der Waals surface area contributed by atoms with Gasteiger partial charge < -0.3 is 10.1 Å². The molecule has 0 saturated carbocycles. The maximum absolute atomic E-state index is 13.1. The van der Waals surface area contributed by atoms with Crippen LogP contribution in [0.2, 0.25) is 4.34 Å². The molecule has 2 atom stereocenters. The zero-order valence-corrected chi connectivity index (χ0v) is 24.4. The Kier molecular flexibility index (Phi) is 8.34. The van der Waals surface area contributed by atoms with Crippen LogP contribution in [-0.2, 0) is 24.8 Å². The van der Waals surface area contributed by atoms with Crippen LogP contribution < -0.4 is 10.0 Å². The normalized spacial score (nSPS) is 18.9. The molecule has 9 nitrogen and oxygen atoms in total. The summed E-state index contributed by atoms with van der Waals surface area (Å²) in [6, 6.07) is 13.2. The number of ether oxygens (including phenoxy) is 1. The summed E-state index contributed by atoms with van der Waals surface area (Å²) < 4.78 is 62.0. The van der Waals surface area contributed by atoms with Crippen molar-refractivity contribution in [1.29, 1.82) is 0 Å². The zero-order valence-electron chi connectivity index (χ0n) is 19.6. The van der Waals surface area contributed by atoms with Gasteiger partial charge in [-0.05, 0) is 68.4 Å². The highest BCUT2D eigenvalue weighted by Crippen LogP contribution is 2.30. The van der Waals surface area contributed by atoms with Crippen LogP contribution in [0.4, 0.5) is 11.4 Å². The number of carbonyl (C=O) groups is 1. The van der Waals surface area contributed by atoms with Crippen LogP contribution in [-0.4, -0.2) is 52.3 Å². The van der Waals surface area contributed by atoms with Crippen molar-refractivity contribution in [2.24, 2.45) is 0 Å². The van der Waals surface area contributed by atoms with Crippen molar-refractivity contribution in [3.63, 3.8) is 0 Å². The van der Waals surface area contributed by atoms with Gasteiger partial charge in [-0.2, -0.15) is 4.31 Å². The third-order valence-corrected chi connectivity index (χ3v) is 10.8. The number of morpholine rings is 1. The van der Waals surface area contributed by atoms with Gasteiger partial charge in [-0.15, -0.1) is 11.3 Å². The Balaban J connectivity index is 1.53. The summed E-state index contributed by atoms with van der Waals surface area (Å²) in [6.45, 7) is 4.15. The van der Waals surface area contributed by atoms with Crippen LogP contribution >= 0.6 is 38.9 Å². The second kappa shape index (κ2) is 11.0. The molecule has 1 aliphatic rings. The minimum Gasteiger partial charge on any atom is -0.373 e. The number of nitrogens with one attached hydrogen (secondary N) is 2. The molecular formula is C23H23BrClN3O6S3. The Morgan fingerprint density at radius 2 is 1.68 bits per heavy atom. The van der Waals surface area contributed by atoms with Gasteiger partial charge in [0.1, 0.15) is 4.21 Å². The average Bonchev–Trinajstić information content (AvgIpc) is 3.27. The van der Waals surface area contributed by atoms with E-state index < -0.39 is 26.0 Å². The van der Waals surface area contributed by atoms with Crippen molar-refractivity contribution in [1.82, 2.24) is 4.31 Å². The number of carbonyl (C=O) groups excluding carboxylic acids is 1. The first-order chi connectivity index (χ1) is 17.3. The summed E-state index contributed by atoms with van der Waals surface area (Å²) in [5.41, 5.74) is 0.472. The van der Waals surface area contributed by atoms with Crippen LogP contribution in [0.5, 0.6) is 0 Å². The molecule has 1 aromatic heterocycles. The summed E-state index contributed by atoms with van der Waals surface area (Å²) in [7, 11) is -7.70. The van der Waals surface area contributed by atoms with E-state index in [9.17, 15) is 21.6 Å². The second-order valence-electron chi connectivity index (χ2n) is 8.41. The minimum absolute atomic E-state index is 0.00707. The molecule has 14 heteroatoms. The third kappa shape index (κ3) is 6.53. The van der Waals surface area contributed by atoms with Crippen molar-refractivity contribution in [3.05, 3.63) is 69.0 Å². The van der Waals surface area contributed by atoms with E-state index in [2.05, 4.69) is 26.0 Å². The fourth-order valence-corrected chi connectivity index (χ4v) is 8.33. The Hall–Kier alpha value is -2.00. The molecule has 2 N–H and O–H groups in total. The number of rotatable bonds is 7. The van der Waals surface area contributed by atoms with E-state index in [4.69, 9.17) is 16.3 Å². The van der Waals surface area contributed by atoms with Crippen molar-refractivity contribution in [2.45, 2.75) is 35.2 Å². The molecule has 0 radical (unpaired) electrons. The molecule has 0 bridgehead atoms. The highest BCUT2D eigenvalue weighted by atomic mass is 79.9. The van der Waals surface area contributed by atoms with Gasteiger partial charge in [0.15, 0.2) is 0 Å². The lowest BCUT2D eigenvalue weighted by atomic mass is 10.1. The molecule has 1 aliphatic heterocycles. The number of halogens is 2. The number of thiophene rings is 1. The molecule has 1 saturated heterocycles. The second-order valence-corrected chi connectivity index (χ2v) is 14.9. The Bertz CT molecular complexity index is 1520. The number of hydrogen-bond donors (Lipinski definition) is 2. The Morgan fingerprint density at radius 1 is 1.03 bits per heavy atom. The molecule has 0 spiro atoms. The first-order valence-corrected chi connectivity index (χ1v) is 15.9. The smallest absolute Gasteiger partial charge is 0.271 e. The number of nitrogens with zero attached hydrogens (tertiary/aromatic N) is 1. The van der Waals surface area contributed by atoms with Gasteiger partial charge in [-0.1, -0.05) is 27.5 Å². The number of hydrogen-bond acceptors (Lipinski definition) is 7. The average molecular weight is 649 g/mol. The standard InChI is InChI=1S/C23H23BrClN3O6S3/c1-14-12-28(13-15(2)34-14)37(32,33)18-6-4-17(5-7-18)26-23(29)19-11-16(24)3-8-20(19)27-36(30,31)22-10-9-21(25)35-22/h3-11,14-15,27H,12-13H2,1-2H3,(H,26,29). The van der Waals surface area contributed by atoms with E-state index in [-0.39, 0.29) is 45.7 Å². The maximum atomic E-state index is 13.1. The van der Waals surface area contributed by atoms with Gasteiger partial charge in [0.25, 0.3) is 15.9 Å². The lowest BCUT2D eigenvalue weighted by Gasteiger charge is -2.34. The number of anilines is 2. The predicted molar refractivity (Wildman–Crippen MR) is 147 cm³/mol. The van der Waals surface area contributed by atoms with Crippen LogP contribution in [0.15, 0.2) is 68.2 Å². The quantitative estimate of drug-likeness (QED) is 0.371. The first-order valence-electron chi connectivity index (χ1n) is 11.0. The van der Waals surface area contributed by atoms with Gasteiger partial charge in [0.05, 0.1) is 32.7 Å². The topological polar surface area (TPSA) is 122 Å². The molecule has 37 heavy (non-hydrogen) atoms. The largest absolute Gasteiger partial charge is 0.373 e. The lowest BCUT2D eigenvalue weighted by molar-refractivity contribution is -0.0440. The molecule has 1 amide bonds. The van der Waals surface area contributed by atoms with Crippen molar-refractivity contribution < 1.29 is 26.4 Å². The number of benzene rings is 2. The summed E-state index contributed by atoms with van der Waals surface area (Å²) in [6.07, 6.45) is -0.434. The first kappa shape index (κ1) is 28.0. The van der Waals surface area contributed by atoms with E-state index in [1.165, 1.54) is 52.8 Å². The van der Waals surface area contributed by atoms with Gasteiger partial charge in [-0.3, -0.25) is 9.52 Å². The van der Waals surface area contributed by atoms with E-state index in [1.807, 2.05) is 13.8 Å². The zero-order chi connectivity index (χ0) is 27.0. The van der Waals surface area contributed by atoms with E-state index in [0.717, 1.165) is 11.3 Å². The van der Waals surface area contributed by atoms with Crippen LogP contribution in [0, 0.1) is 0 Å². The maximum Gasteiger partial charge on any atom is 0.271 e. The van der Waals surface area contributed by atoms with Crippen molar-refractivity contribution in [3.8, 4) is 0 Å². The summed E-state index contributed by atoms with van der Waals surface area (Å²) in [4.78, 5) is 13.2. The number of sulfonamides is 2. The highest BCUT2D eigenvalue weighted by Gasteiger charge is 2.32. The molecule has 2 aromatic carbocycles. The molecule has 1 fully saturated rings. The molecule has 2 heterocycles. The van der Waals surface area contributed by atoms with E-state index >= 15 is 0 Å². The van der Waals surface area contributed by atoms with Gasteiger partial charge in [0, 0.05) is 23.2 Å². The van der Waals surface area contributed by atoms with Crippen LogP contribution in [0.25, 0.3) is 0 Å². The molecule has 3 aromatic rings. The summed E-state index contributed by atoms with van der Waals surface area (Å²) in [5.74, 6) is -0.588. The van der Waals surface area contributed by atoms with Gasteiger partial charge in [-0.25, -0.2) is 16.8 Å². The van der Waals surface area contributed by atoms with Crippen LogP contribution in [0.3, 0.4) is 0 Å². The Morgan fingerprint density at radius 3 is 2.27 bits per heavy atom. The third-order valence-electron chi connectivity index (χ3n) is 5.42. The molecule has 4 rings (SSSR count). The molecular weight excluding hydrogens is 626 g/mol. The van der Waals surface area contributed by atoms with Gasteiger partial charge in [0.2, 0.25) is 10.0 Å². The van der Waals surface area contributed by atoms with Crippen molar-refractivity contribution in [2.75, 3.05) is 23.1 Å². The van der Waals surface area contributed by atoms with E-state index in [0.29, 0.717) is 14.5 Å². The Labute approximate surface area is 233 Å². The highest BCUT2D eigenvalue weighted by molar-refractivity contribution is 9.10. The van der Waals surface area contributed by atoms with Gasteiger partial charge >= 0.3 is 0 Å². The van der Waals surface area contributed by atoms with Crippen molar-refractivity contribution >= 4 is 76.2 Å². The summed E-state index contributed by atoms with van der Waals surface area (Å²) >= 11 is 10.1. The minimum atomic E-state index is -3.97. The van der Waals surface area contributed by atoms with Crippen LogP contribution in [0.1, 0.15) is 24.2 Å². The fourth-order valence-electron chi connectivity index (χ4n) is 3.82. The monoisotopic (exact) mass is 647 g/mol. The molecule has 198 valence electrons.